The van der Waals surface area contributed by atoms with Gasteiger partial charge in [-0.15, -0.1) is 0 Å². The van der Waals surface area contributed by atoms with E-state index >= 15 is 0 Å². The van der Waals surface area contributed by atoms with E-state index in [2.05, 4.69) is 55.1 Å². The fraction of sp³-hybridized carbons (Fsp3) is 0.231. The highest BCUT2D eigenvalue weighted by atomic mass is 15.2. The first-order chi connectivity index (χ1) is 15.8. The monoisotopic (exact) mass is 424 g/mol. The van der Waals surface area contributed by atoms with Gasteiger partial charge in [-0.3, -0.25) is 19.9 Å². The summed E-state index contributed by atoms with van der Waals surface area (Å²) >= 11 is 0. The number of anilines is 1. The van der Waals surface area contributed by atoms with E-state index in [-0.39, 0.29) is 0 Å². The Morgan fingerprint density at radius 2 is 1.16 bits per heavy atom. The zero-order chi connectivity index (χ0) is 22.0. The van der Waals surface area contributed by atoms with Crippen molar-refractivity contribution >= 4 is 5.82 Å². The van der Waals surface area contributed by atoms with E-state index in [0.29, 0.717) is 6.54 Å². The third kappa shape index (κ3) is 6.43. The van der Waals surface area contributed by atoms with Crippen molar-refractivity contribution in [1.82, 2.24) is 24.8 Å². The molecule has 0 unspecified atom stereocenters. The van der Waals surface area contributed by atoms with Crippen molar-refractivity contribution < 1.29 is 0 Å². The molecule has 0 amide bonds. The van der Waals surface area contributed by atoms with Gasteiger partial charge in [-0.25, -0.2) is 4.98 Å². The lowest BCUT2D eigenvalue weighted by molar-refractivity contribution is 0.255. The van der Waals surface area contributed by atoms with Crippen molar-refractivity contribution in [2.24, 2.45) is 0 Å². The number of hydrogen-bond acceptors (Lipinski definition) is 6. The van der Waals surface area contributed by atoms with Gasteiger partial charge >= 0.3 is 0 Å². The summed E-state index contributed by atoms with van der Waals surface area (Å²) in [6, 6.07) is 24.3. The normalized spacial score (nSPS) is 10.9. The van der Waals surface area contributed by atoms with Gasteiger partial charge in [0.15, 0.2) is 0 Å². The number of nitrogens with zero attached hydrogens (tertiary/aromatic N) is 6. The van der Waals surface area contributed by atoms with Crippen LogP contribution >= 0.6 is 0 Å². The maximum absolute atomic E-state index is 4.77. The molecule has 0 aliphatic carbocycles. The minimum absolute atomic E-state index is 0.707. The minimum Gasteiger partial charge on any atom is -0.349 e. The highest BCUT2D eigenvalue weighted by molar-refractivity contribution is 5.39. The lowest BCUT2D eigenvalue weighted by atomic mass is 10.2. The molecule has 4 heterocycles. The van der Waals surface area contributed by atoms with Crippen molar-refractivity contribution in [3.8, 4) is 0 Å². The van der Waals surface area contributed by atoms with E-state index in [4.69, 9.17) is 4.98 Å². The van der Waals surface area contributed by atoms with Crippen LogP contribution in [0.1, 0.15) is 22.8 Å². The van der Waals surface area contributed by atoms with Crippen LogP contribution in [0, 0.1) is 6.92 Å². The lowest BCUT2D eigenvalue weighted by Gasteiger charge is -2.28. The molecule has 0 atom stereocenters. The molecule has 0 saturated carbocycles. The molecule has 0 radical (unpaired) electrons. The van der Waals surface area contributed by atoms with Gasteiger partial charge in [-0.2, -0.15) is 0 Å². The first-order valence-corrected chi connectivity index (χ1v) is 10.9. The minimum atomic E-state index is 0.707. The van der Waals surface area contributed by atoms with E-state index in [1.807, 2.05) is 68.0 Å². The van der Waals surface area contributed by atoms with Crippen molar-refractivity contribution in [3.63, 3.8) is 0 Å². The molecule has 0 aromatic carbocycles. The molecule has 0 aliphatic heterocycles. The lowest BCUT2D eigenvalue weighted by Crippen LogP contribution is -2.35. The van der Waals surface area contributed by atoms with Crippen LogP contribution in [-0.4, -0.2) is 37.9 Å². The molecule has 0 fully saturated rings. The van der Waals surface area contributed by atoms with E-state index in [9.17, 15) is 0 Å². The molecular weight excluding hydrogens is 396 g/mol. The zero-order valence-electron chi connectivity index (χ0n) is 18.4. The van der Waals surface area contributed by atoms with E-state index in [1.54, 1.807) is 0 Å². The van der Waals surface area contributed by atoms with Crippen LogP contribution in [0.25, 0.3) is 0 Å². The van der Waals surface area contributed by atoms with Crippen molar-refractivity contribution in [3.05, 3.63) is 114 Å². The molecule has 4 aromatic heterocycles. The Morgan fingerprint density at radius 3 is 1.66 bits per heavy atom. The Kier molecular flexibility index (Phi) is 7.50. The smallest absolute Gasteiger partial charge is 0.129 e. The van der Waals surface area contributed by atoms with Crippen LogP contribution in [-0.2, 0) is 19.6 Å². The molecule has 32 heavy (non-hydrogen) atoms. The Bertz CT molecular complexity index is 1030. The van der Waals surface area contributed by atoms with Crippen molar-refractivity contribution in [2.75, 3.05) is 18.0 Å². The molecule has 6 heteroatoms. The maximum Gasteiger partial charge on any atom is 0.129 e. The summed E-state index contributed by atoms with van der Waals surface area (Å²) in [6.07, 6.45) is 5.53. The SMILES string of the molecule is Cc1cccc(N(CCN(Cc2ccccn2)Cc2ccccn2)Cc2ccccn2)n1. The molecule has 6 nitrogen and oxygen atoms in total. The Hall–Kier alpha value is -3.64. The summed E-state index contributed by atoms with van der Waals surface area (Å²) in [6.45, 7) is 5.91. The van der Waals surface area contributed by atoms with Crippen LogP contribution in [0.15, 0.2) is 91.4 Å². The van der Waals surface area contributed by atoms with Crippen LogP contribution < -0.4 is 4.90 Å². The first-order valence-electron chi connectivity index (χ1n) is 10.9. The number of pyridine rings is 4. The second kappa shape index (κ2) is 11.1. The first kappa shape index (κ1) is 21.6. The second-order valence-electron chi connectivity index (χ2n) is 7.73. The summed E-state index contributed by atoms with van der Waals surface area (Å²) in [5.41, 5.74) is 4.13. The predicted molar refractivity (Wildman–Crippen MR) is 127 cm³/mol. The summed E-state index contributed by atoms with van der Waals surface area (Å²) in [4.78, 5) is 23.0. The number of aryl methyl sites for hydroxylation is 1. The molecule has 4 aromatic rings. The third-order valence-electron chi connectivity index (χ3n) is 5.19. The van der Waals surface area contributed by atoms with Crippen molar-refractivity contribution in [2.45, 2.75) is 26.6 Å². The quantitative estimate of drug-likeness (QED) is 0.379. The largest absolute Gasteiger partial charge is 0.349 e. The van der Waals surface area contributed by atoms with Gasteiger partial charge in [0.25, 0.3) is 0 Å². The van der Waals surface area contributed by atoms with Crippen LogP contribution in [0.2, 0.25) is 0 Å². The standard InChI is InChI=1S/C26H28N6/c1-22-9-8-13-26(30-22)32(21-25-12-4-7-16-29-25)18-17-31(19-23-10-2-5-14-27-23)20-24-11-3-6-15-28-24/h2-16H,17-21H2,1H3. The third-order valence-corrected chi connectivity index (χ3v) is 5.19. The van der Waals surface area contributed by atoms with E-state index in [1.165, 1.54) is 0 Å². The van der Waals surface area contributed by atoms with Gasteiger partial charge in [0.1, 0.15) is 5.82 Å². The molecule has 162 valence electrons. The van der Waals surface area contributed by atoms with Gasteiger partial charge < -0.3 is 4.90 Å². The number of hydrogen-bond donors (Lipinski definition) is 0. The number of aromatic nitrogens is 4. The van der Waals surface area contributed by atoms with E-state index < -0.39 is 0 Å². The molecule has 0 bridgehead atoms. The summed E-state index contributed by atoms with van der Waals surface area (Å²) in [5, 5.41) is 0. The topological polar surface area (TPSA) is 58.0 Å². The van der Waals surface area contributed by atoms with Gasteiger partial charge in [-0.05, 0) is 55.5 Å². The number of rotatable bonds is 10. The molecular formula is C26H28N6. The average molecular weight is 425 g/mol. The van der Waals surface area contributed by atoms with Crippen LogP contribution in [0.3, 0.4) is 0 Å². The average Bonchev–Trinajstić information content (AvgIpc) is 2.83. The van der Waals surface area contributed by atoms with Crippen LogP contribution in [0.4, 0.5) is 5.82 Å². The fourth-order valence-corrected chi connectivity index (χ4v) is 3.58. The van der Waals surface area contributed by atoms with Gasteiger partial charge in [-0.1, -0.05) is 24.3 Å². The predicted octanol–water partition coefficient (Wildman–Crippen LogP) is 4.28. The van der Waals surface area contributed by atoms with Gasteiger partial charge in [0.05, 0.1) is 23.6 Å². The molecule has 4 rings (SSSR count). The maximum atomic E-state index is 4.77. The van der Waals surface area contributed by atoms with Crippen molar-refractivity contribution in [1.29, 1.82) is 0 Å². The Balaban J connectivity index is 1.52. The molecule has 0 spiro atoms. The highest BCUT2D eigenvalue weighted by Crippen LogP contribution is 2.15. The van der Waals surface area contributed by atoms with Gasteiger partial charge in [0, 0.05) is 50.5 Å². The highest BCUT2D eigenvalue weighted by Gasteiger charge is 2.14. The zero-order valence-corrected chi connectivity index (χ0v) is 18.4. The Morgan fingerprint density at radius 1 is 0.594 bits per heavy atom. The second-order valence-corrected chi connectivity index (χ2v) is 7.73. The summed E-state index contributed by atoms with van der Waals surface area (Å²) in [5.74, 6) is 0.964. The van der Waals surface area contributed by atoms with E-state index in [0.717, 1.165) is 54.8 Å². The Labute approximate surface area is 189 Å². The van der Waals surface area contributed by atoms with Crippen LogP contribution in [0.5, 0.6) is 0 Å². The fourth-order valence-electron chi connectivity index (χ4n) is 3.58. The molecule has 0 N–H and O–H groups in total. The molecule has 0 aliphatic rings. The molecule has 0 saturated heterocycles. The van der Waals surface area contributed by atoms with Gasteiger partial charge in [0.2, 0.25) is 0 Å². The summed E-state index contributed by atoms with van der Waals surface area (Å²) in [7, 11) is 0. The summed E-state index contributed by atoms with van der Waals surface area (Å²) < 4.78 is 0.